The van der Waals surface area contributed by atoms with Crippen molar-refractivity contribution in [1.29, 1.82) is 0 Å². The molecule has 0 saturated heterocycles. The Bertz CT molecular complexity index is 329. The van der Waals surface area contributed by atoms with Crippen LogP contribution in [0.2, 0.25) is 0 Å². The predicted molar refractivity (Wildman–Crippen MR) is 69.3 cm³/mol. The molecular formula is C14H22N2. The quantitative estimate of drug-likeness (QED) is 0.764. The maximum Gasteiger partial charge on any atom is 0.0362 e. The Labute approximate surface area is 98.2 Å². The van der Waals surface area contributed by atoms with Crippen molar-refractivity contribution in [2.45, 2.75) is 51.1 Å². The van der Waals surface area contributed by atoms with Crippen LogP contribution in [0.3, 0.4) is 0 Å². The van der Waals surface area contributed by atoms with Crippen molar-refractivity contribution in [1.82, 2.24) is 5.32 Å². The molecule has 1 fully saturated rings. The van der Waals surface area contributed by atoms with Crippen molar-refractivity contribution in [3.63, 3.8) is 0 Å². The lowest BCUT2D eigenvalue weighted by Gasteiger charge is -2.27. The smallest absolute Gasteiger partial charge is 0.0362 e. The number of hydrogen-bond donors (Lipinski definition) is 2. The molecule has 2 heteroatoms. The Balaban J connectivity index is 1.96. The van der Waals surface area contributed by atoms with Gasteiger partial charge in [0.2, 0.25) is 0 Å². The predicted octanol–water partition coefficient (Wildman–Crippen LogP) is 3.25. The largest absolute Gasteiger partial charge is 0.398 e. The van der Waals surface area contributed by atoms with Gasteiger partial charge >= 0.3 is 0 Å². The number of hydrogen-bond acceptors (Lipinski definition) is 2. The van der Waals surface area contributed by atoms with Crippen LogP contribution < -0.4 is 11.1 Å². The molecule has 1 aromatic rings. The fourth-order valence-corrected chi connectivity index (χ4v) is 2.62. The second-order valence-electron chi connectivity index (χ2n) is 4.85. The van der Waals surface area contributed by atoms with Crippen molar-refractivity contribution in [2.75, 3.05) is 5.73 Å². The van der Waals surface area contributed by atoms with Crippen LogP contribution in [-0.2, 0) is 0 Å². The van der Waals surface area contributed by atoms with E-state index in [4.69, 9.17) is 5.73 Å². The third-order valence-electron chi connectivity index (χ3n) is 3.55. The van der Waals surface area contributed by atoms with E-state index in [2.05, 4.69) is 24.4 Å². The van der Waals surface area contributed by atoms with Gasteiger partial charge in [-0.05, 0) is 31.4 Å². The Morgan fingerprint density at radius 3 is 2.56 bits per heavy atom. The van der Waals surface area contributed by atoms with E-state index in [1.807, 2.05) is 12.1 Å². The zero-order valence-corrected chi connectivity index (χ0v) is 10.1. The Hall–Kier alpha value is -1.02. The molecule has 16 heavy (non-hydrogen) atoms. The minimum Gasteiger partial charge on any atom is -0.398 e. The van der Waals surface area contributed by atoms with Gasteiger partial charge in [-0.3, -0.25) is 0 Å². The van der Waals surface area contributed by atoms with Gasteiger partial charge in [-0.1, -0.05) is 37.5 Å². The molecule has 0 heterocycles. The second-order valence-corrected chi connectivity index (χ2v) is 4.85. The van der Waals surface area contributed by atoms with Crippen LogP contribution in [0, 0.1) is 0 Å². The van der Waals surface area contributed by atoms with Crippen LogP contribution >= 0.6 is 0 Å². The SMILES string of the molecule is CC(NC1CCCCC1)c1ccccc1N. The summed E-state index contributed by atoms with van der Waals surface area (Å²) >= 11 is 0. The van der Waals surface area contributed by atoms with E-state index in [1.165, 1.54) is 37.7 Å². The first-order valence-electron chi connectivity index (χ1n) is 6.38. The summed E-state index contributed by atoms with van der Waals surface area (Å²) in [5, 5.41) is 3.70. The summed E-state index contributed by atoms with van der Waals surface area (Å²) < 4.78 is 0. The summed E-state index contributed by atoms with van der Waals surface area (Å²) in [6.45, 7) is 2.21. The van der Waals surface area contributed by atoms with Gasteiger partial charge in [0.1, 0.15) is 0 Å². The molecule has 0 aliphatic heterocycles. The Kier molecular flexibility index (Phi) is 3.83. The van der Waals surface area contributed by atoms with Crippen LogP contribution in [0.25, 0.3) is 0 Å². The molecule has 2 nitrogen and oxygen atoms in total. The number of nitrogens with two attached hydrogens (primary N) is 1. The average molecular weight is 218 g/mol. The highest BCUT2D eigenvalue weighted by atomic mass is 14.9. The van der Waals surface area contributed by atoms with Gasteiger partial charge in [0.05, 0.1) is 0 Å². The van der Waals surface area contributed by atoms with Gasteiger partial charge in [-0.15, -0.1) is 0 Å². The molecule has 1 saturated carbocycles. The van der Waals surface area contributed by atoms with Crippen LogP contribution in [-0.4, -0.2) is 6.04 Å². The molecule has 0 bridgehead atoms. The summed E-state index contributed by atoms with van der Waals surface area (Å²) in [5.74, 6) is 0. The van der Waals surface area contributed by atoms with Crippen molar-refractivity contribution in [3.8, 4) is 0 Å². The molecule has 1 unspecified atom stereocenters. The third-order valence-corrected chi connectivity index (χ3v) is 3.55. The number of benzene rings is 1. The molecule has 88 valence electrons. The maximum absolute atomic E-state index is 5.99. The number of rotatable bonds is 3. The standard InChI is InChI=1S/C14H22N2/c1-11(13-9-5-6-10-14(13)15)16-12-7-3-2-4-8-12/h5-6,9-12,16H,2-4,7-8,15H2,1H3. The highest BCUT2D eigenvalue weighted by Gasteiger charge is 2.17. The van der Waals surface area contributed by atoms with Crippen molar-refractivity contribution in [2.24, 2.45) is 0 Å². The lowest BCUT2D eigenvalue weighted by molar-refractivity contribution is 0.347. The first-order chi connectivity index (χ1) is 7.77. The second kappa shape index (κ2) is 5.35. The minimum atomic E-state index is 0.365. The third kappa shape index (κ3) is 2.76. The average Bonchev–Trinajstić information content (AvgIpc) is 2.31. The van der Waals surface area contributed by atoms with Gasteiger partial charge < -0.3 is 11.1 Å². The molecule has 1 aromatic carbocycles. The molecule has 1 aliphatic carbocycles. The van der Waals surface area contributed by atoms with E-state index in [0.717, 1.165) is 5.69 Å². The summed E-state index contributed by atoms with van der Waals surface area (Å²) in [7, 11) is 0. The highest BCUT2D eigenvalue weighted by molar-refractivity contribution is 5.47. The summed E-state index contributed by atoms with van der Waals surface area (Å²) in [4.78, 5) is 0. The lowest BCUT2D eigenvalue weighted by Crippen LogP contribution is -2.33. The van der Waals surface area contributed by atoms with Gasteiger partial charge in [0, 0.05) is 17.8 Å². The number of nitrogens with one attached hydrogen (secondary N) is 1. The van der Waals surface area contributed by atoms with E-state index in [-0.39, 0.29) is 0 Å². The number of para-hydroxylation sites is 1. The Morgan fingerprint density at radius 2 is 1.88 bits per heavy atom. The number of anilines is 1. The van der Waals surface area contributed by atoms with Crippen LogP contribution in [0.5, 0.6) is 0 Å². The number of nitrogen functional groups attached to an aromatic ring is 1. The van der Waals surface area contributed by atoms with Gasteiger partial charge in [0.15, 0.2) is 0 Å². The molecule has 0 radical (unpaired) electrons. The summed E-state index contributed by atoms with van der Waals surface area (Å²) in [6.07, 6.45) is 6.78. The van der Waals surface area contributed by atoms with Gasteiger partial charge in [-0.2, -0.15) is 0 Å². The lowest BCUT2D eigenvalue weighted by atomic mass is 9.94. The van der Waals surface area contributed by atoms with Gasteiger partial charge in [-0.25, -0.2) is 0 Å². The molecule has 1 aliphatic rings. The monoisotopic (exact) mass is 218 g/mol. The van der Waals surface area contributed by atoms with Crippen LogP contribution in [0.4, 0.5) is 5.69 Å². The van der Waals surface area contributed by atoms with E-state index in [0.29, 0.717) is 12.1 Å². The van der Waals surface area contributed by atoms with Crippen LogP contribution in [0.1, 0.15) is 50.6 Å². The maximum atomic E-state index is 5.99. The van der Waals surface area contributed by atoms with Crippen molar-refractivity contribution in [3.05, 3.63) is 29.8 Å². The Morgan fingerprint density at radius 1 is 1.19 bits per heavy atom. The van der Waals surface area contributed by atoms with E-state index < -0.39 is 0 Å². The normalized spacial score (nSPS) is 19.6. The van der Waals surface area contributed by atoms with Crippen molar-refractivity contribution >= 4 is 5.69 Å². The summed E-state index contributed by atoms with van der Waals surface area (Å²) in [6, 6.07) is 9.20. The van der Waals surface area contributed by atoms with E-state index >= 15 is 0 Å². The molecular weight excluding hydrogens is 196 g/mol. The zero-order chi connectivity index (χ0) is 11.4. The highest BCUT2D eigenvalue weighted by Crippen LogP contribution is 2.24. The zero-order valence-electron chi connectivity index (χ0n) is 10.1. The van der Waals surface area contributed by atoms with E-state index in [1.54, 1.807) is 0 Å². The first-order valence-corrected chi connectivity index (χ1v) is 6.38. The molecule has 0 spiro atoms. The fraction of sp³-hybridized carbons (Fsp3) is 0.571. The minimum absolute atomic E-state index is 0.365. The molecule has 2 rings (SSSR count). The molecule has 0 amide bonds. The molecule has 0 aromatic heterocycles. The van der Waals surface area contributed by atoms with E-state index in [9.17, 15) is 0 Å². The topological polar surface area (TPSA) is 38.0 Å². The first kappa shape index (κ1) is 11.5. The van der Waals surface area contributed by atoms with Crippen LogP contribution in [0.15, 0.2) is 24.3 Å². The van der Waals surface area contributed by atoms with Gasteiger partial charge in [0.25, 0.3) is 0 Å². The molecule has 1 atom stereocenters. The van der Waals surface area contributed by atoms with Crippen molar-refractivity contribution < 1.29 is 0 Å². The summed E-state index contributed by atoms with van der Waals surface area (Å²) in [5.41, 5.74) is 8.12. The fourth-order valence-electron chi connectivity index (χ4n) is 2.62. The molecule has 3 N–H and O–H groups in total.